The molecule has 1 atom stereocenters. The minimum absolute atomic E-state index is 0. The van der Waals surface area contributed by atoms with Crippen molar-refractivity contribution in [1.82, 2.24) is 0 Å². The topological polar surface area (TPSA) is 44.5 Å². The number of halogens is 1. The molecule has 3 rings (SSSR count). The molecule has 118 valence electrons. The van der Waals surface area contributed by atoms with Crippen LogP contribution in [0.25, 0.3) is 0 Å². The van der Waals surface area contributed by atoms with Crippen molar-refractivity contribution in [3.63, 3.8) is 0 Å². The van der Waals surface area contributed by atoms with Crippen LogP contribution in [0.15, 0.2) is 48.5 Å². The lowest BCUT2D eigenvalue weighted by molar-refractivity contribution is 0.223. The summed E-state index contributed by atoms with van der Waals surface area (Å²) in [6.45, 7) is 1.50. The van der Waals surface area contributed by atoms with Crippen LogP contribution in [0.3, 0.4) is 0 Å². The molecule has 2 aromatic carbocycles. The van der Waals surface area contributed by atoms with Gasteiger partial charge in [0.2, 0.25) is 0 Å². The summed E-state index contributed by atoms with van der Waals surface area (Å²) >= 11 is 0. The highest BCUT2D eigenvalue weighted by atomic mass is 35.5. The molecule has 0 aromatic heterocycles. The van der Waals surface area contributed by atoms with Crippen molar-refractivity contribution in [3.8, 4) is 11.5 Å². The van der Waals surface area contributed by atoms with E-state index in [1.54, 1.807) is 0 Å². The fraction of sp³-hybridized carbons (Fsp3) is 0.333. The molecule has 3 nitrogen and oxygen atoms in total. The van der Waals surface area contributed by atoms with Crippen LogP contribution in [0.2, 0.25) is 0 Å². The summed E-state index contributed by atoms with van der Waals surface area (Å²) in [7, 11) is 0. The molecule has 0 aliphatic carbocycles. The molecule has 0 radical (unpaired) electrons. The zero-order valence-electron chi connectivity index (χ0n) is 12.5. The van der Waals surface area contributed by atoms with Crippen LogP contribution >= 0.6 is 12.4 Å². The molecule has 2 aromatic rings. The highest BCUT2D eigenvalue weighted by Crippen LogP contribution is 2.32. The van der Waals surface area contributed by atoms with Gasteiger partial charge in [0.25, 0.3) is 0 Å². The van der Waals surface area contributed by atoms with E-state index in [0.29, 0.717) is 0 Å². The summed E-state index contributed by atoms with van der Waals surface area (Å²) in [5.41, 5.74) is 8.66. The lowest BCUT2D eigenvalue weighted by Gasteiger charge is -2.19. The summed E-state index contributed by atoms with van der Waals surface area (Å²) in [6, 6.07) is 16.3. The van der Waals surface area contributed by atoms with E-state index in [0.717, 1.165) is 49.5 Å². The predicted octanol–water partition coefficient (Wildman–Crippen LogP) is 3.90. The van der Waals surface area contributed by atoms with Gasteiger partial charge in [-0.25, -0.2) is 0 Å². The first-order chi connectivity index (χ1) is 10.3. The van der Waals surface area contributed by atoms with Crippen LogP contribution < -0.4 is 15.2 Å². The summed E-state index contributed by atoms with van der Waals surface area (Å²) in [5.74, 6) is 1.64. The van der Waals surface area contributed by atoms with Crippen molar-refractivity contribution >= 4 is 12.4 Å². The van der Waals surface area contributed by atoms with Gasteiger partial charge in [0, 0.05) is 6.04 Å². The van der Waals surface area contributed by atoms with Crippen molar-refractivity contribution in [1.29, 1.82) is 0 Å². The largest absolute Gasteiger partial charge is 0.490 e. The Labute approximate surface area is 137 Å². The van der Waals surface area contributed by atoms with Gasteiger partial charge in [-0.15, -0.1) is 12.4 Å². The maximum absolute atomic E-state index is 6.33. The molecule has 1 heterocycles. The monoisotopic (exact) mass is 319 g/mol. The predicted molar refractivity (Wildman–Crippen MR) is 91.0 cm³/mol. The summed E-state index contributed by atoms with van der Waals surface area (Å²) < 4.78 is 11.5. The summed E-state index contributed by atoms with van der Waals surface area (Å²) in [5, 5.41) is 0. The van der Waals surface area contributed by atoms with Gasteiger partial charge in [-0.05, 0) is 42.5 Å². The fourth-order valence-electron chi connectivity index (χ4n) is 2.54. The van der Waals surface area contributed by atoms with Crippen LogP contribution in [0.1, 0.15) is 30.0 Å². The van der Waals surface area contributed by atoms with E-state index < -0.39 is 0 Å². The van der Waals surface area contributed by atoms with E-state index in [4.69, 9.17) is 15.2 Å². The molecule has 0 spiro atoms. The Morgan fingerprint density at radius 2 is 1.59 bits per heavy atom. The molecular formula is C18H22ClNO2. The molecular weight excluding hydrogens is 298 g/mol. The van der Waals surface area contributed by atoms with Gasteiger partial charge in [0.05, 0.1) is 13.2 Å². The second-order valence-electron chi connectivity index (χ2n) is 5.41. The highest BCUT2D eigenvalue weighted by molar-refractivity contribution is 5.85. The first-order valence-electron chi connectivity index (χ1n) is 7.52. The molecule has 0 saturated carbocycles. The van der Waals surface area contributed by atoms with Crippen molar-refractivity contribution in [2.75, 3.05) is 13.2 Å². The van der Waals surface area contributed by atoms with Crippen LogP contribution in [-0.4, -0.2) is 13.2 Å². The van der Waals surface area contributed by atoms with Gasteiger partial charge >= 0.3 is 0 Å². The van der Waals surface area contributed by atoms with Crippen molar-refractivity contribution in [3.05, 3.63) is 59.7 Å². The van der Waals surface area contributed by atoms with Crippen LogP contribution in [0.4, 0.5) is 0 Å². The number of rotatable bonds is 3. The molecule has 0 bridgehead atoms. The van der Waals surface area contributed by atoms with Crippen molar-refractivity contribution in [2.24, 2.45) is 5.73 Å². The lowest BCUT2D eigenvalue weighted by atomic mass is 9.99. The average Bonchev–Trinajstić information content (AvgIpc) is 2.48. The summed E-state index contributed by atoms with van der Waals surface area (Å²) in [6.07, 6.45) is 2.88. The van der Waals surface area contributed by atoms with Gasteiger partial charge in [-0.2, -0.15) is 0 Å². The zero-order chi connectivity index (χ0) is 14.5. The molecule has 1 aliphatic rings. The Morgan fingerprint density at radius 3 is 2.32 bits per heavy atom. The van der Waals surface area contributed by atoms with E-state index in [-0.39, 0.29) is 18.4 Å². The molecule has 1 unspecified atom stereocenters. The second-order valence-corrected chi connectivity index (χ2v) is 5.41. The fourth-order valence-corrected chi connectivity index (χ4v) is 2.54. The first-order valence-corrected chi connectivity index (χ1v) is 7.52. The van der Waals surface area contributed by atoms with Gasteiger partial charge in [-0.1, -0.05) is 36.4 Å². The number of fused-ring (bicyclic) bond motifs is 1. The van der Waals surface area contributed by atoms with Crippen LogP contribution in [0, 0.1) is 0 Å². The molecule has 4 heteroatoms. The first kappa shape index (κ1) is 16.7. The smallest absolute Gasteiger partial charge is 0.161 e. The van der Waals surface area contributed by atoms with E-state index in [1.165, 1.54) is 5.56 Å². The Hall–Kier alpha value is -1.71. The van der Waals surface area contributed by atoms with E-state index in [1.807, 2.05) is 36.4 Å². The Balaban J connectivity index is 0.00000176. The third-order valence-electron chi connectivity index (χ3n) is 3.75. The van der Waals surface area contributed by atoms with Gasteiger partial charge < -0.3 is 15.2 Å². The SMILES string of the molecule is Cl.NC(Cc1ccccc1)c1ccc2c(c1)OCCCCO2. The lowest BCUT2D eigenvalue weighted by Crippen LogP contribution is -2.14. The summed E-state index contributed by atoms with van der Waals surface area (Å²) in [4.78, 5) is 0. The number of benzene rings is 2. The third-order valence-corrected chi connectivity index (χ3v) is 3.75. The number of hydrogen-bond donors (Lipinski definition) is 1. The minimum Gasteiger partial charge on any atom is -0.490 e. The van der Waals surface area contributed by atoms with E-state index in [2.05, 4.69) is 12.1 Å². The molecule has 0 saturated heterocycles. The van der Waals surface area contributed by atoms with Crippen molar-refractivity contribution < 1.29 is 9.47 Å². The maximum atomic E-state index is 6.33. The highest BCUT2D eigenvalue weighted by Gasteiger charge is 2.13. The quantitative estimate of drug-likeness (QED) is 0.933. The van der Waals surface area contributed by atoms with E-state index in [9.17, 15) is 0 Å². The molecule has 0 fully saturated rings. The second kappa shape index (κ2) is 8.06. The Morgan fingerprint density at radius 1 is 0.909 bits per heavy atom. The van der Waals surface area contributed by atoms with E-state index >= 15 is 0 Å². The zero-order valence-corrected chi connectivity index (χ0v) is 13.4. The van der Waals surface area contributed by atoms with Crippen LogP contribution in [-0.2, 0) is 6.42 Å². The normalized spacial score (nSPS) is 15.1. The van der Waals surface area contributed by atoms with Gasteiger partial charge in [0.1, 0.15) is 0 Å². The maximum Gasteiger partial charge on any atom is 0.161 e. The molecule has 1 aliphatic heterocycles. The average molecular weight is 320 g/mol. The molecule has 22 heavy (non-hydrogen) atoms. The minimum atomic E-state index is -0.0354. The molecule has 0 amide bonds. The number of nitrogens with two attached hydrogens (primary N) is 1. The Kier molecular flexibility index (Phi) is 6.10. The van der Waals surface area contributed by atoms with Gasteiger partial charge in [-0.3, -0.25) is 0 Å². The Bertz CT molecular complexity index is 589. The van der Waals surface area contributed by atoms with Gasteiger partial charge in [0.15, 0.2) is 11.5 Å². The number of hydrogen-bond acceptors (Lipinski definition) is 3. The van der Waals surface area contributed by atoms with Crippen LogP contribution in [0.5, 0.6) is 11.5 Å². The van der Waals surface area contributed by atoms with Crippen molar-refractivity contribution in [2.45, 2.75) is 25.3 Å². The molecule has 2 N–H and O–H groups in total. The third kappa shape index (κ3) is 4.15. The number of ether oxygens (including phenoxy) is 2. The standard InChI is InChI=1S/C18H21NO2.ClH/c19-16(12-14-6-2-1-3-7-14)15-8-9-17-18(13-15)21-11-5-4-10-20-17;/h1-3,6-9,13,16H,4-5,10-12,19H2;1H.